The minimum atomic E-state index is 0.0698. The molecule has 4 aromatic rings. The second-order valence-corrected chi connectivity index (χ2v) is 7.76. The number of rotatable bonds is 2. The summed E-state index contributed by atoms with van der Waals surface area (Å²) in [5, 5.41) is 12.8. The topological polar surface area (TPSA) is 91.9 Å². The Bertz CT molecular complexity index is 1360. The van der Waals surface area contributed by atoms with E-state index in [9.17, 15) is 5.26 Å². The van der Waals surface area contributed by atoms with Gasteiger partial charge in [0.15, 0.2) is 5.82 Å². The van der Waals surface area contributed by atoms with Crippen LogP contribution in [0.15, 0.2) is 55.0 Å². The van der Waals surface area contributed by atoms with Gasteiger partial charge in [0.1, 0.15) is 12.1 Å². The van der Waals surface area contributed by atoms with Gasteiger partial charge in [-0.3, -0.25) is 4.57 Å². The number of benzene rings is 2. The first-order chi connectivity index (χ1) is 15.2. The summed E-state index contributed by atoms with van der Waals surface area (Å²) in [6.07, 6.45) is 4.47. The van der Waals surface area contributed by atoms with Crippen LogP contribution in [0.25, 0.3) is 17.0 Å². The van der Waals surface area contributed by atoms with Crippen molar-refractivity contribution in [2.24, 2.45) is 0 Å². The lowest BCUT2D eigenvalue weighted by atomic mass is 9.99. The van der Waals surface area contributed by atoms with Gasteiger partial charge in [-0.1, -0.05) is 18.2 Å². The predicted molar refractivity (Wildman–Crippen MR) is 116 cm³/mol. The summed E-state index contributed by atoms with van der Waals surface area (Å²) in [5.74, 6) is 2.31. The number of fused-ring (bicyclic) bond motifs is 3. The van der Waals surface area contributed by atoms with Gasteiger partial charge in [0.2, 0.25) is 5.95 Å². The molecular formula is C23H19N7O. The molecule has 0 saturated carbocycles. The van der Waals surface area contributed by atoms with Crippen LogP contribution in [0.5, 0.6) is 5.75 Å². The lowest BCUT2D eigenvalue weighted by Crippen LogP contribution is -2.39. The number of para-hydroxylation sites is 1. The number of nitriles is 1. The Kier molecular flexibility index (Phi) is 3.83. The second kappa shape index (κ2) is 6.71. The number of ether oxygens (including phenoxy) is 1. The highest BCUT2D eigenvalue weighted by molar-refractivity contribution is 5.79. The smallest absolute Gasteiger partial charge is 0.237 e. The van der Waals surface area contributed by atoms with Gasteiger partial charge < -0.3 is 15.0 Å². The third-order valence-electron chi connectivity index (χ3n) is 5.94. The molecule has 1 unspecified atom stereocenters. The zero-order valence-corrected chi connectivity index (χ0v) is 16.9. The summed E-state index contributed by atoms with van der Waals surface area (Å²) in [4.78, 5) is 16.3. The molecule has 0 aliphatic carbocycles. The van der Waals surface area contributed by atoms with Crippen LogP contribution in [0.3, 0.4) is 0 Å². The van der Waals surface area contributed by atoms with Gasteiger partial charge in [0, 0.05) is 12.0 Å². The van der Waals surface area contributed by atoms with Crippen molar-refractivity contribution < 1.29 is 4.74 Å². The first kappa shape index (κ1) is 17.7. The fraction of sp³-hybridized carbons (Fsp3) is 0.217. The van der Waals surface area contributed by atoms with E-state index in [1.165, 1.54) is 5.56 Å². The molecule has 2 aromatic heterocycles. The molecule has 6 rings (SSSR count). The molecule has 31 heavy (non-hydrogen) atoms. The van der Waals surface area contributed by atoms with Crippen molar-refractivity contribution in [1.82, 2.24) is 19.5 Å². The molecule has 2 atom stereocenters. The summed E-state index contributed by atoms with van der Waals surface area (Å²) in [6, 6.07) is 15.9. The van der Waals surface area contributed by atoms with Gasteiger partial charge in [-0.2, -0.15) is 10.2 Å². The van der Waals surface area contributed by atoms with E-state index in [2.05, 4.69) is 39.2 Å². The van der Waals surface area contributed by atoms with E-state index in [1.807, 2.05) is 41.1 Å². The lowest BCUT2D eigenvalue weighted by Gasteiger charge is -2.36. The van der Waals surface area contributed by atoms with Crippen LogP contribution < -0.4 is 15.0 Å². The second-order valence-electron chi connectivity index (χ2n) is 7.76. The fourth-order valence-electron chi connectivity index (χ4n) is 4.52. The van der Waals surface area contributed by atoms with Gasteiger partial charge in [0.25, 0.3) is 0 Å². The van der Waals surface area contributed by atoms with Crippen molar-refractivity contribution in [3.63, 3.8) is 0 Å². The predicted octanol–water partition coefficient (Wildman–Crippen LogP) is 3.79. The molecule has 0 bridgehead atoms. The summed E-state index contributed by atoms with van der Waals surface area (Å²) < 4.78 is 7.70. The van der Waals surface area contributed by atoms with E-state index in [1.54, 1.807) is 12.4 Å². The molecule has 8 nitrogen and oxygen atoms in total. The van der Waals surface area contributed by atoms with E-state index < -0.39 is 0 Å². The maximum atomic E-state index is 9.28. The largest absolute Gasteiger partial charge is 0.493 e. The third kappa shape index (κ3) is 2.70. The number of anilines is 2. The summed E-state index contributed by atoms with van der Waals surface area (Å²) in [7, 11) is 0. The molecule has 152 valence electrons. The van der Waals surface area contributed by atoms with Gasteiger partial charge >= 0.3 is 0 Å². The Morgan fingerprint density at radius 2 is 2.10 bits per heavy atom. The zero-order valence-electron chi connectivity index (χ0n) is 16.9. The fourth-order valence-corrected chi connectivity index (χ4v) is 4.52. The molecule has 2 aliphatic rings. The summed E-state index contributed by atoms with van der Waals surface area (Å²) >= 11 is 0. The molecule has 0 radical (unpaired) electrons. The molecule has 0 amide bonds. The minimum Gasteiger partial charge on any atom is -0.493 e. The van der Waals surface area contributed by atoms with Crippen LogP contribution in [0, 0.1) is 11.3 Å². The molecule has 0 spiro atoms. The van der Waals surface area contributed by atoms with Gasteiger partial charge in [-0.05, 0) is 31.2 Å². The highest BCUT2D eigenvalue weighted by Crippen LogP contribution is 2.44. The van der Waals surface area contributed by atoms with Crippen molar-refractivity contribution in [1.29, 1.82) is 5.26 Å². The molecule has 8 heteroatoms. The number of nitrogens with one attached hydrogen (secondary N) is 1. The maximum absolute atomic E-state index is 9.28. The standard InChI is InChI=1S/C23H19N7O/c1-14-27-18-12-25-23(29-13-26-17-7-6-15(11-24)10-20(17)29)28-22(18)30(14)19-8-9-31-21-5-3-2-4-16(19)21/h2-7,10,12-14,19,27H,8-9H2,1H3/t14?,19-/m1/s1. The lowest BCUT2D eigenvalue weighted by molar-refractivity contribution is 0.262. The summed E-state index contributed by atoms with van der Waals surface area (Å²) in [6.45, 7) is 2.80. The van der Waals surface area contributed by atoms with E-state index in [4.69, 9.17) is 9.72 Å². The first-order valence-electron chi connectivity index (χ1n) is 10.2. The first-order valence-corrected chi connectivity index (χ1v) is 10.2. The molecule has 4 heterocycles. The van der Waals surface area contributed by atoms with Crippen molar-refractivity contribution in [2.75, 3.05) is 16.8 Å². The van der Waals surface area contributed by atoms with Gasteiger partial charge in [0.05, 0.1) is 53.4 Å². The van der Waals surface area contributed by atoms with Crippen molar-refractivity contribution in [2.45, 2.75) is 25.6 Å². The average molecular weight is 409 g/mol. The Balaban J connectivity index is 1.46. The van der Waals surface area contributed by atoms with Crippen LogP contribution >= 0.6 is 0 Å². The molecule has 0 saturated heterocycles. The quantitative estimate of drug-likeness (QED) is 0.538. The van der Waals surface area contributed by atoms with Crippen molar-refractivity contribution in [3.05, 3.63) is 66.1 Å². The Morgan fingerprint density at radius 3 is 3.00 bits per heavy atom. The van der Waals surface area contributed by atoms with Gasteiger partial charge in [-0.25, -0.2) is 9.97 Å². The normalized spacial score (nSPS) is 19.3. The number of nitrogens with zero attached hydrogens (tertiary/aromatic N) is 6. The molecule has 1 N–H and O–H groups in total. The molecule has 2 aromatic carbocycles. The molecular weight excluding hydrogens is 390 g/mol. The van der Waals surface area contributed by atoms with Crippen LogP contribution in [0.2, 0.25) is 0 Å². The zero-order chi connectivity index (χ0) is 20.9. The van der Waals surface area contributed by atoms with Crippen LogP contribution in [0.4, 0.5) is 11.5 Å². The van der Waals surface area contributed by atoms with Crippen LogP contribution in [0.1, 0.15) is 30.5 Å². The molecule has 2 aliphatic heterocycles. The van der Waals surface area contributed by atoms with E-state index in [0.717, 1.165) is 34.7 Å². The monoisotopic (exact) mass is 409 g/mol. The van der Waals surface area contributed by atoms with Gasteiger partial charge in [-0.15, -0.1) is 0 Å². The number of imidazole rings is 1. The number of hydrogen-bond donors (Lipinski definition) is 1. The summed E-state index contributed by atoms with van der Waals surface area (Å²) in [5.41, 5.74) is 4.25. The van der Waals surface area contributed by atoms with E-state index in [-0.39, 0.29) is 12.2 Å². The molecule has 0 fully saturated rings. The number of aromatic nitrogens is 4. The third-order valence-corrected chi connectivity index (χ3v) is 5.94. The van der Waals surface area contributed by atoms with Crippen molar-refractivity contribution >= 4 is 22.5 Å². The Morgan fingerprint density at radius 1 is 1.19 bits per heavy atom. The van der Waals surface area contributed by atoms with E-state index in [0.29, 0.717) is 18.1 Å². The van der Waals surface area contributed by atoms with Crippen molar-refractivity contribution in [3.8, 4) is 17.8 Å². The number of hydrogen-bond acceptors (Lipinski definition) is 7. The van der Waals surface area contributed by atoms with E-state index >= 15 is 0 Å². The SMILES string of the molecule is CC1Nc2cnc(-n3cnc4ccc(C#N)cc43)nc2N1[C@@H]1CCOc2ccccc21. The average Bonchev–Trinajstić information content (AvgIpc) is 3.37. The maximum Gasteiger partial charge on any atom is 0.237 e. The van der Waals surface area contributed by atoms with Crippen LogP contribution in [-0.4, -0.2) is 32.3 Å². The Hall–Kier alpha value is -4.12. The minimum absolute atomic E-state index is 0.0698. The Labute approximate surface area is 178 Å². The highest BCUT2D eigenvalue weighted by atomic mass is 16.5. The highest BCUT2D eigenvalue weighted by Gasteiger charge is 2.37. The van der Waals surface area contributed by atoms with Crippen LogP contribution in [-0.2, 0) is 0 Å².